The van der Waals surface area contributed by atoms with Gasteiger partial charge < -0.3 is 5.73 Å². The highest BCUT2D eigenvalue weighted by molar-refractivity contribution is 7.09. The normalized spacial score (nSPS) is 33.8. The van der Waals surface area contributed by atoms with E-state index in [1.54, 1.807) is 11.3 Å². The summed E-state index contributed by atoms with van der Waals surface area (Å²) in [5, 5.41) is 1.99. The molecule has 2 atom stereocenters. The van der Waals surface area contributed by atoms with E-state index in [4.69, 9.17) is 5.73 Å². The Balaban J connectivity index is 2.01. The largest absolute Gasteiger partial charge is 0.328 e. The molecule has 1 fully saturated rings. The third kappa shape index (κ3) is 2.09. The first kappa shape index (κ1) is 9.16. The number of hydrogen-bond donors (Lipinski definition) is 1. The van der Waals surface area contributed by atoms with E-state index < -0.39 is 5.67 Å². The third-order valence-corrected chi connectivity index (χ3v) is 3.54. The lowest BCUT2D eigenvalue weighted by Gasteiger charge is -2.17. The van der Waals surface area contributed by atoms with Gasteiger partial charge in [-0.15, -0.1) is 11.3 Å². The fourth-order valence-corrected chi connectivity index (χ4v) is 2.84. The molecule has 2 unspecified atom stereocenters. The lowest BCUT2D eigenvalue weighted by molar-refractivity contribution is 0.172. The van der Waals surface area contributed by atoms with Crippen molar-refractivity contribution in [2.75, 3.05) is 0 Å². The Kier molecular flexibility index (Phi) is 2.39. The highest BCUT2D eigenvalue weighted by atomic mass is 32.1. The molecule has 0 aromatic carbocycles. The van der Waals surface area contributed by atoms with Crippen molar-refractivity contribution in [3.05, 3.63) is 22.4 Å². The molecule has 0 amide bonds. The SMILES string of the molecule is NC1CCC(F)(Cc2cccs2)C1. The predicted octanol–water partition coefficient (Wildman–Crippen LogP) is 2.51. The lowest BCUT2D eigenvalue weighted by Crippen LogP contribution is -2.25. The Labute approximate surface area is 81.8 Å². The van der Waals surface area contributed by atoms with Crippen molar-refractivity contribution in [2.45, 2.75) is 37.4 Å². The third-order valence-electron chi connectivity index (χ3n) is 2.66. The number of thiophene rings is 1. The molecule has 1 aliphatic carbocycles. The molecule has 1 heterocycles. The van der Waals surface area contributed by atoms with Gasteiger partial charge in [0.05, 0.1) is 0 Å². The molecule has 0 spiro atoms. The zero-order valence-electron chi connectivity index (χ0n) is 7.50. The van der Waals surface area contributed by atoms with Crippen molar-refractivity contribution in [3.63, 3.8) is 0 Å². The van der Waals surface area contributed by atoms with Crippen molar-refractivity contribution in [1.82, 2.24) is 0 Å². The minimum absolute atomic E-state index is 0.0740. The Morgan fingerprint density at radius 1 is 1.69 bits per heavy atom. The summed E-state index contributed by atoms with van der Waals surface area (Å²) in [6.45, 7) is 0. The van der Waals surface area contributed by atoms with Gasteiger partial charge in [0.15, 0.2) is 0 Å². The van der Waals surface area contributed by atoms with Crippen LogP contribution in [0.25, 0.3) is 0 Å². The van der Waals surface area contributed by atoms with Crippen LogP contribution in [-0.4, -0.2) is 11.7 Å². The van der Waals surface area contributed by atoms with Gasteiger partial charge in [-0.05, 0) is 30.7 Å². The van der Waals surface area contributed by atoms with Crippen LogP contribution < -0.4 is 5.73 Å². The van der Waals surface area contributed by atoms with Crippen molar-refractivity contribution < 1.29 is 4.39 Å². The number of alkyl halides is 1. The summed E-state index contributed by atoms with van der Waals surface area (Å²) in [7, 11) is 0. The molecule has 0 radical (unpaired) electrons. The van der Waals surface area contributed by atoms with Crippen LogP contribution in [0.2, 0.25) is 0 Å². The summed E-state index contributed by atoms with van der Waals surface area (Å²) in [6, 6.07) is 4.04. The molecular weight excluding hydrogens is 185 g/mol. The smallest absolute Gasteiger partial charge is 0.117 e. The van der Waals surface area contributed by atoms with E-state index >= 15 is 0 Å². The second kappa shape index (κ2) is 3.39. The van der Waals surface area contributed by atoms with Crippen LogP contribution in [0.3, 0.4) is 0 Å². The Morgan fingerprint density at radius 2 is 2.54 bits per heavy atom. The first-order chi connectivity index (χ1) is 6.18. The molecule has 0 aliphatic heterocycles. The van der Waals surface area contributed by atoms with Crippen molar-refractivity contribution in [1.29, 1.82) is 0 Å². The molecule has 72 valence electrons. The molecule has 3 heteroatoms. The van der Waals surface area contributed by atoms with E-state index in [1.165, 1.54) is 0 Å². The van der Waals surface area contributed by atoms with Crippen molar-refractivity contribution in [2.24, 2.45) is 5.73 Å². The van der Waals surface area contributed by atoms with Crippen molar-refractivity contribution in [3.8, 4) is 0 Å². The lowest BCUT2D eigenvalue weighted by atomic mass is 9.99. The topological polar surface area (TPSA) is 26.0 Å². The van der Waals surface area contributed by atoms with Crippen LogP contribution in [0.4, 0.5) is 4.39 Å². The van der Waals surface area contributed by atoms with E-state index in [0.717, 1.165) is 11.3 Å². The van der Waals surface area contributed by atoms with Crippen LogP contribution in [0.1, 0.15) is 24.1 Å². The maximum absolute atomic E-state index is 14.1. The Hall–Kier alpha value is -0.410. The van der Waals surface area contributed by atoms with E-state index in [9.17, 15) is 4.39 Å². The quantitative estimate of drug-likeness (QED) is 0.778. The van der Waals surface area contributed by atoms with Crippen LogP contribution in [0.5, 0.6) is 0 Å². The summed E-state index contributed by atoms with van der Waals surface area (Å²) in [5.74, 6) is 0. The summed E-state index contributed by atoms with van der Waals surface area (Å²) in [5.41, 5.74) is 4.68. The minimum Gasteiger partial charge on any atom is -0.328 e. The van der Waals surface area contributed by atoms with Gasteiger partial charge in [-0.2, -0.15) is 0 Å². The second-order valence-corrected chi connectivity index (χ2v) is 4.94. The standard InChI is InChI=1S/C10H14FNS/c11-10(4-3-8(12)6-10)7-9-2-1-5-13-9/h1-2,5,8H,3-4,6-7,12H2. The number of rotatable bonds is 2. The Morgan fingerprint density at radius 3 is 3.08 bits per heavy atom. The van der Waals surface area contributed by atoms with E-state index in [-0.39, 0.29) is 6.04 Å². The van der Waals surface area contributed by atoms with Gasteiger partial charge in [0, 0.05) is 17.3 Å². The molecule has 0 bridgehead atoms. The predicted molar refractivity (Wildman–Crippen MR) is 53.7 cm³/mol. The zero-order valence-corrected chi connectivity index (χ0v) is 8.32. The molecule has 1 aromatic heterocycles. The van der Waals surface area contributed by atoms with Gasteiger partial charge >= 0.3 is 0 Å². The van der Waals surface area contributed by atoms with Gasteiger partial charge in [-0.1, -0.05) is 6.07 Å². The van der Waals surface area contributed by atoms with E-state index in [1.807, 2.05) is 17.5 Å². The number of nitrogens with two attached hydrogens (primary N) is 1. The van der Waals surface area contributed by atoms with Crippen LogP contribution in [-0.2, 0) is 6.42 Å². The highest BCUT2D eigenvalue weighted by Gasteiger charge is 2.38. The average Bonchev–Trinajstić information content (AvgIpc) is 2.62. The molecule has 2 rings (SSSR count). The van der Waals surface area contributed by atoms with Gasteiger partial charge in [0.25, 0.3) is 0 Å². The monoisotopic (exact) mass is 199 g/mol. The van der Waals surface area contributed by atoms with E-state index in [0.29, 0.717) is 19.3 Å². The molecule has 2 N–H and O–H groups in total. The van der Waals surface area contributed by atoms with Crippen LogP contribution in [0.15, 0.2) is 17.5 Å². The van der Waals surface area contributed by atoms with E-state index in [2.05, 4.69) is 0 Å². The first-order valence-electron chi connectivity index (χ1n) is 4.65. The molecular formula is C10H14FNS. The first-order valence-corrected chi connectivity index (χ1v) is 5.53. The van der Waals surface area contributed by atoms with Crippen LogP contribution in [0, 0.1) is 0 Å². The zero-order chi connectivity index (χ0) is 9.31. The summed E-state index contributed by atoms with van der Waals surface area (Å²) < 4.78 is 14.1. The summed E-state index contributed by atoms with van der Waals surface area (Å²) in [4.78, 5) is 1.14. The molecule has 0 saturated heterocycles. The fourth-order valence-electron chi connectivity index (χ4n) is 2.00. The minimum atomic E-state index is -1.02. The van der Waals surface area contributed by atoms with Gasteiger partial charge in [-0.25, -0.2) is 4.39 Å². The number of halogens is 1. The van der Waals surface area contributed by atoms with Crippen molar-refractivity contribution >= 4 is 11.3 Å². The highest BCUT2D eigenvalue weighted by Crippen LogP contribution is 2.36. The molecule has 1 aliphatic rings. The van der Waals surface area contributed by atoms with Crippen LogP contribution >= 0.6 is 11.3 Å². The maximum Gasteiger partial charge on any atom is 0.117 e. The average molecular weight is 199 g/mol. The second-order valence-electron chi connectivity index (χ2n) is 3.91. The van der Waals surface area contributed by atoms with Gasteiger partial charge in [0.1, 0.15) is 5.67 Å². The molecule has 1 saturated carbocycles. The number of hydrogen-bond acceptors (Lipinski definition) is 2. The molecule has 1 nitrogen and oxygen atoms in total. The summed E-state index contributed by atoms with van der Waals surface area (Å²) >= 11 is 1.63. The van der Waals surface area contributed by atoms with Gasteiger partial charge in [0.2, 0.25) is 0 Å². The molecule has 13 heavy (non-hydrogen) atoms. The molecule has 1 aromatic rings. The van der Waals surface area contributed by atoms with Gasteiger partial charge in [-0.3, -0.25) is 0 Å². The fraction of sp³-hybridized carbons (Fsp3) is 0.600. The maximum atomic E-state index is 14.1. The Bertz CT molecular complexity index is 272. The summed E-state index contributed by atoms with van der Waals surface area (Å²) in [6.07, 6.45) is 2.55.